The smallest absolute Gasteiger partial charge is 0.140 e. The average molecular weight is 216 g/mol. The van der Waals surface area contributed by atoms with Gasteiger partial charge in [0, 0.05) is 32.1 Å². The molecule has 0 radical (unpaired) electrons. The van der Waals surface area contributed by atoms with E-state index in [1.54, 1.807) is 0 Å². The zero-order valence-corrected chi connectivity index (χ0v) is 10.3. The lowest BCUT2D eigenvalue weighted by Crippen LogP contribution is -2.38. The van der Waals surface area contributed by atoms with Crippen LogP contribution in [0.1, 0.15) is 20.3 Å². The second-order valence-electron chi connectivity index (χ2n) is 4.27. The van der Waals surface area contributed by atoms with Crippen molar-refractivity contribution in [2.75, 3.05) is 33.7 Å². The van der Waals surface area contributed by atoms with E-state index in [0.717, 1.165) is 19.6 Å². The summed E-state index contributed by atoms with van der Waals surface area (Å²) in [5.41, 5.74) is 5.44. The van der Waals surface area contributed by atoms with Gasteiger partial charge in [0.2, 0.25) is 0 Å². The van der Waals surface area contributed by atoms with E-state index in [0.29, 0.717) is 18.3 Å². The van der Waals surface area contributed by atoms with Crippen molar-refractivity contribution in [1.29, 1.82) is 0 Å². The first kappa shape index (κ1) is 14.2. The van der Waals surface area contributed by atoms with E-state index in [9.17, 15) is 0 Å². The largest absolute Gasteiger partial charge is 0.409 e. The maximum Gasteiger partial charge on any atom is 0.140 e. The van der Waals surface area contributed by atoms with Crippen molar-refractivity contribution in [3.63, 3.8) is 0 Å². The van der Waals surface area contributed by atoms with E-state index in [-0.39, 0.29) is 0 Å². The Labute approximate surface area is 92.5 Å². The van der Waals surface area contributed by atoms with E-state index in [1.807, 2.05) is 0 Å². The van der Waals surface area contributed by atoms with Gasteiger partial charge in [-0.15, -0.1) is 0 Å². The molecule has 5 nitrogen and oxygen atoms in total. The number of amidine groups is 1. The third-order valence-electron chi connectivity index (χ3n) is 2.35. The van der Waals surface area contributed by atoms with Crippen molar-refractivity contribution < 1.29 is 5.21 Å². The Hall–Kier alpha value is -0.810. The van der Waals surface area contributed by atoms with Crippen molar-refractivity contribution in [1.82, 2.24) is 9.80 Å². The molecule has 0 heterocycles. The Morgan fingerprint density at radius 3 is 2.27 bits per heavy atom. The minimum Gasteiger partial charge on any atom is -0.409 e. The molecular weight excluding hydrogens is 192 g/mol. The molecule has 3 N–H and O–H groups in total. The van der Waals surface area contributed by atoms with Crippen molar-refractivity contribution in [2.24, 2.45) is 10.9 Å². The highest BCUT2D eigenvalue weighted by Crippen LogP contribution is 1.99. The SMILES string of the molecule is CC(C)N(CCC(N)=NO)CCN(C)C. The van der Waals surface area contributed by atoms with Gasteiger partial charge in [-0.2, -0.15) is 0 Å². The minimum absolute atomic E-state index is 0.297. The summed E-state index contributed by atoms with van der Waals surface area (Å²) in [5, 5.41) is 11.4. The Morgan fingerprint density at radius 2 is 1.87 bits per heavy atom. The van der Waals surface area contributed by atoms with Crippen LogP contribution in [0, 0.1) is 0 Å². The quantitative estimate of drug-likeness (QED) is 0.280. The van der Waals surface area contributed by atoms with Gasteiger partial charge >= 0.3 is 0 Å². The van der Waals surface area contributed by atoms with Gasteiger partial charge in [-0.1, -0.05) is 5.16 Å². The fourth-order valence-corrected chi connectivity index (χ4v) is 1.26. The number of rotatable bonds is 7. The van der Waals surface area contributed by atoms with Gasteiger partial charge in [0.1, 0.15) is 5.84 Å². The van der Waals surface area contributed by atoms with Crippen molar-refractivity contribution >= 4 is 5.84 Å². The first-order valence-electron chi connectivity index (χ1n) is 5.32. The zero-order chi connectivity index (χ0) is 11.8. The molecule has 0 aliphatic carbocycles. The molecule has 0 fully saturated rings. The van der Waals surface area contributed by atoms with Crippen LogP contribution >= 0.6 is 0 Å². The standard InChI is InChI=1S/C10H24N4O/c1-9(2)14(8-7-13(3)4)6-5-10(11)12-15/h9,15H,5-8H2,1-4H3,(H2,11,12). The summed E-state index contributed by atoms with van der Waals surface area (Å²) < 4.78 is 0. The van der Waals surface area contributed by atoms with Gasteiger partial charge in [0.05, 0.1) is 0 Å². The van der Waals surface area contributed by atoms with E-state index in [1.165, 1.54) is 0 Å². The van der Waals surface area contributed by atoms with Crippen LogP contribution in [0.5, 0.6) is 0 Å². The molecule has 0 saturated carbocycles. The number of hydrogen-bond acceptors (Lipinski definition) is 4. The first-order valence-corrected chi connectivity index (χ1v) is 5.32. The molecule has 0 bridgehead atoms. The van der Waals surface area contributed by atoms with Crippen molar-refractivity contribution in [3.05, 3.63) is 0 Å². The van der Waals surface area contributed by atoms with E-state index >= 15 is 0 Å². The van der Waals surface area contributed by atoms with Crippen molar-refractivity contribution in [3.8, 4) is 0 Å². The van der Waals surface area contributed by atoms with Crippen LogP contribution in [0.15, 0.2) is 5.16 Å². The van der Waals surface area contributed by atoms with Crippen LogP contribution in [0.4, 0.5) is 0 Å². The summed E-state index contributed by atoms with van der Waals surface area (Å²) in [4.78, 5) is 4.47. The normalized spacial score (nSPS) is 13.1. The molecule has 90 valence electrons. The van der Waals surface area contributed by atoms with Crippen molar-refractivity contribution in [2.45, 2.75) is 26.3 Å². The van der Waals surface area contributed by atoms with E-state index in [2.05, 4.69) is 42.9 Å². The highest BCUT2D eigenvalue weighted by atomic mass is 16.4. The summed E-state index contributed by atoms with van der Waals surface area (Å²) in [6.45, 7) is 7.17. The van der Waals surface area contributed by atoms with Crippen LogP contribution in [-0.4, -0.2) is 60.6 Å². The Balaban J connectivity index is 3.94. The molecule has 0 rings (SSSR count). The Bertz CT molecular complexity index is 192. The van der Waals surface area contributed by atoms with E-state index < -0.39 is 0 Å². The van der Waals surface area contributed by atoms with Gasteiger partial charge in [0.25, 0.3) is 0 Å². The monoisotopic (exact) mass is 216 g/mol. The van der Waals surface area contributed by atoms with Crippen LogP contribution in [0.25, 0.3) is 0 Å². The highest BCUT2D eigenvalue weighted by Gasteiger charge is 2.09. The summed E-state index contributed by atoms with van der Waals surface area (Å²) in [7, 11) is 4.12. The molecular formula is C10H24N4O. The number of likely N-dealkylation sites (N-methyl/N-ethyl adjacent to an activating group) is 1. The van der Waals surface area contributed by atoms with Gasteiger partial charge in [-0.3, -0.25) is 4.90 Å². The number of hydrogen-bond donors (Lipinski definition) is 2. The van der Waals surface area contributed by atoms with Gasteiger partial charge < -0.3 is 15.8 Å². The van der Waals surface area contributed by atoms with Crippen LogP contribution in [-0.2, 0) is 0 Å². The van der Waals surface area contributed by atoms with E-state index in [4.69, 9.17) is 10.9 Å². The summed E-state index contributed by atoms with van der Waals surface area (Å²) in [6, 6.07) is 0.483. The van der Waals surface area contributed by atoms with Gasteiger partial charge in [-0.05, 0) is 27.9 Å². The average Bonchev–Trinajstić information content (AvgIpc) is 2.16. The lowest BCUT2D eigenvalue weighted by Gasteiger charge is -2.27. The molecule has 15 heavy (non-hydrogen) atoms. The molecule has 0 aromatic heterocycles. The molecule has 0 atom stereocenters. The first-order chi connectivity index (χ1) is 6.97. The van der Waals surface area contributed by atoms with Gasteiger partial charge in [-0.25, -0.2) is 0 Å². The number of nitrogens with zero attached hydrogens (tertiary/aromatic N) is 3. The molecule has 0 aliphatic rings. The van der Waals surface area contributed by atoms with Crippen LogP contribution in [0.2, 0.25) is 0 Å². The minimum atomic E-state index is 0.297. The molecule has 0 unspecified atom stereocenters. The summed E-state index contributed by atoms with van der Waals surface area (Å²) in [6.07, 6.45) is 0.613. The third kappa shape index (κ3) is 7.16. The lowest BCUT2D eigenvalue weighted by molar-refractivity contribution is 0.203. The predicted molar refractivity (Wildman–Crippen MR) is 63.3 cm³/mol. The topological polar surface area (TPSA) is 65.1 Å². The third-order valence-corrected chi connectivity index (χ3v) is 2.35. The molecule has 5 heteroatoms. The number of nitrogens with two attached hydrogens (primary N) is 1. The zero-order valence-electron chi connectivity index (χ0n) is 10.3. The molecule has 0 spiro atoms. The van der Waals surface area contributed by atoms with Crippen LogP contribution in [0.3, 0.4) is 0 Å². The number of oxime groups is 1. The second kappa shape index (κ2) is 7.48. The predicted octanol–water partition coefficient (Wildman–Crippen LogP) is 0.395. The maximum atomic E-state index is 8.44. The van der Waals surface area contributed by atoms with Crippen LogP contribution < -0.4 is 5.73 Å². The summed E-state index contributed by atoms with van der Waals surface area (Å²) in [5.74, 6) is 0.297. The lowest BCUT2D eigenvalue weighted by atomic mass is 10.2. The fourth-order valence-electron chi connectivity index (χ4n) is 1.26. The molecule has 0 aliphatic heterocycles. The molecule has 0 amide bonds. The Kier molecular flexibility index (Phi) is 7.07. The Morgan fingerprint density at radius 1 is 1.27 bits per heavy atom. The molecule has 0 saturated heterocycles. The highest BCUT2D eigenvalue weighted by molar-refractivity contribution is 5.79. The summed E-state index contributed by atoms with van der Waals surface area (Å²) >= 11 is 0. The van der Waals surface area contributed by atoms with Gasteiger partial charge in [0.15, 0.2) is 0 Å². The maximum absolute atomic E-state index is 8.44. The fraction of sp³-hybridized carbons (Fsp3) is 0.900. The molecule has 0 aromatic carbocycles. The molecule has 0 aromatic rings. The second-order valence-corrected chi connectivity index (χ2v) is 4.27.